The molecule has 2 aromatic carbocycles. The minimum atomic E-state index is -1.02. The van der Waals surface area contributed by atoms with Crippen LogP contribution >= 0.6 is 0 Å². The number of nitrogens with zero attached hydrogens (tertiary/aromatic N) is 3. The largest absolute Gasteiger partial charge is 0.338 e. The fourth-order valence-electron chi connectivity index (χ4n) is 3.53. The van der Waals surface area contributed by atoms with E-state index in [1.807, 2.05) is 36.4 Å². The molecule has 1 fully saturated rings. The van der Waals surface area contributed by atoms with Crippen LogP contribution in [0.3, 0.4) is 0 Å². The Bertz CT molecular complexity index is 1010. The monoisotopic (exact) mass is 394 g/mol. The molecule has 7 heteroatoms. The van der Waals surface area contributed by atoms with Gasteiger partial charge in [0.05, 0.1) is 5.69 Å². The Balaban J connectivity index is 1.49. The van der Waals surface area contributed by atoms with Gasteiger partial charge in [-0.2, -0.15) is 0 Å². The second-order valence-electron chi connectivity index (χ2n) is 7.02. The molecular weight excluding hydrogens is 374 g/mol. The smallest absolute Gasteiger partial charge is 0.253 e. The third-order valence-electron chi connectivity index (χ3n) is 5.00. The zero-order chi connectivity index (χ0) is 20.2. The molecule has 1 N–H and O–H groups in total. The minimum absolute atomic E-state index is 0.0531. The average molecular weight is 394 g/mol. The van der Waals surface area contributed by atoms with Crippen molar-refractivity contribution < 1.29 is 13.6 Å². The second-order valence-corrected chi connectivity index (χ2v) is 7.02. The number of benzene rings is 2. The molecule has 29 heavy (non-hydrogen) atoms. The SMILES string of the molecule is O=C(c1ccc(F)c(F)c1)N1CCC[C@@H](c2ccnc(Nc3ccccc3)n2)C1. The van der Waals surface area contributed by atoms with E-state index in [4.69, 9.17) is 0 Å². The number of carbonyl (C=O) groups excluding carboxylic acids is 1. The molecule has 5 nitrogen and oxygen atoms in total. The lowest BCUT2D eigenvalue weighted by atomic mass is 9.94. The summed E-state index contributed by atoms with van der Waals surface area (Å²) in [5, 5.41) is 3.17. The van der Waals surface area contributed by atoms with Crippen LogP contribution < -0.4 is 5.32 Å². The highest BCUT2D eigenvalue weighted by Gasteiger charge is 2.27. The first-order valence-corrected chi connectivity index (χ1v) is 9.49. The van der Waals surface area contributed by atoms with E-state index in [1.54, 1.807) is 11.1 Å². The molecule has 148 valence electrons. The lowest BCUT2D eigenvalue weighted by Gasteiger charge is -2.32. The van der Waals surface area contributed by atoms with Crippen molar-refractivity contribution in [3.8, 4) is 0 Å². The maximum atomic E-state index is 13.5. The van der Waals surface area contributed by atoms with E-state index in [0.29, 0.717) is 19.0 Å². The van der Waals surface area contributed by atoms with Gasteiger partial charge in [-0.15, -0.1) is 0 Å². The molecule has 0 unspecified atom stereocenters. The average Bonchev–Trinajstić information content (AvgIpc) is 2.76. The fourth-order valence-corrected chi connectivity index (χ4v) is 3.53. The molecule has 1 atom stereocenters. The number of likely N-dealkylation sites (tertiary alicyclic amines) is 1. The molecule has 0 bridgehead atoms. The van der Waals surface area contributed by atoms with Crippen LogP contribution in [0.25, 0.3) is 0 Å². The highest BCUT2D eigenvalue weighted by Crippen LogP contribution is 2.27. The number of piperidine rings is 1. The molecule has 0 saturated carbocycles. The van der Waals surface area contributed by atoms with Gasteiger partial charge in [0.2, 0.25) is 5.95 Å². The number of amides is 1. The van der Waals surface area contributed by atoms with Crippen LogP contribution in [0.15, 0.2) is 60.8 Å². The molecule has 0 radical (unpaired) electrons. The van der Waals surface area contributed by atoms with Crippen molar-refractivity contribution in [3.05, 3.63) is 83.7 Å². The number of para-hydroxylation sites is 1. The molecule has 2 heterocycles. The van der Waals surface area contributed by atoms with Crippen molar-refractivity contribution in [2.75, 3.05) is 18.4 Å². The van der Waals surface area contributed by atoms with Gasteiger partial charge >= 0.3 is 0 Å². The lowest BCUT2D eigenvalue weighted by molar-refractivity contribution is 0.0705. The molecular formula is C22H20F2N4O. The zero-order valence-corrected chi connectivity index (χ0v) is 15.7. The Hall–Kier alpha value is -3.35. The Morgan fingerprint density at radius 1 is 1.07 bits per heavy atom. The van der Waals surface area contributed by atoms with Crippen LogP contribution in [-0.4, -0.2) is 33.9 Å². The summed E-state index contributed by atoms with van der Waals surface area (Å²) in [5.41, 5.74) is 1.89. The van der Waals surface area contributed by atoms with Crippen LogP contribution in [0, 0.1) is 11.6 Å². The Morgan fingerprint density at radius 3 is 2.69 bits per heavy atom. The van der Waals surface area contributed by atoms with Gasteiger partial charge in [0, 0.05) is 36.5 Å². The zero-order valence-electron chi connectivity index (χ0n) is 15.7. The van der Waals surface area contributed by atoms with Gasteiger partial charge in [0.25, 0.3) is 5.91 Å². The van der Waals surface area contributed by atoms with E-state index in [1.165, 1.54) is 6.07 Å². The van der Waals surface area contributed by atoms with Gasteiger partial charge in [-0.05, 0) is 49.2 Å². The molecule has 1 aliphatic heterocycles. The Labute approximate surface area is 167 Å². The van der Waals surface area contributed by atoms with Crippen molar-refractivity contribution in [2.45, 2.75) is 18.8 Å². The summed E-state index contributed by atoms with van der Waals surface area (Å²) >= 11 is 0. The molecule has 0 aliphatic carbocycles. The highest BCUT2D eigenvalue weighted by molar-refractivity contribution is 5.94. The summed E-state index contributed by atoms with van der Waals surface area (Å²) < 4.78 is 26.7. The van der Waals surface area contributed by atoms with E-state index >= 15 is 0 Å². The second kappa shape index (κ2) is 8.34. The van der Waals surface area contributed by atoms with Crippen molar-refractivity contribution in [3.63, 3.8) is 0 Å². The van der Waals surface area contributed by atoms with Crippen LogP contribution in [0.2, 0.25) is 0 Å². The number of carbonyl (C=O) groups is 1. The van der Waals surface area contributed by atoms with E-state index in [-0.39, 0.29) is 17.4 Å². The maximum absolute atomic E-state index is 13.5. The van der Waals surface area contributed by atoms with Crippen molar-refractivity contribution in [1.29, 1.82) is 0 Å². The van der Waals surface area contributed by atoms with Gasteiger partial charge in [-0.25, -0.2) is 18.7 Å². The van der Waals surface area contributed by atoms with Crippen LogP contribution in [-0.2, 0) is 0 Å². The van der Waals surface area contributed by atoms with Crippen molar-refractivity contribution in [1.82, 2.24) is 14.9 Å². The van der Waals surface area contributed by atoms with Crippen LogP contribution in [0.1, 0.15) is 34.8 Å². The molecule has 1 aliphatic rings. The molecule has 1 saturated heterocycles. The van der Waals surface area contributed by atoms with Crippen LogP contribution in [0.4, 0.5) is 20.4 Å². The predicted molar refractivity (Wildman–Crippen MR) is 106 cm³/mol. The highest BCUT2D eigenvalue weighted by atomic mass is 19.2. The van der Waals surface area contributed by atoms with E-state index in [2.05, 4.69) is 15.3 Å². The lowest BCUT2D eigenvalue weighted by Crippen LogP contribution is -2.39. The summed E-state index contributed by atoms with van der Waals surface area (Å²) in [7, 11) is 0. The number of anilines is 2. The summed E-state index contributed by atoms with van der Waals surface area (Å²) in [6.45, 7) is 1.05. The number of halogens is 2. The minimum Gasteiger partial charge on any atom is -0.338 e. The molecule has 4 rings (SSSR count). The van der Waals surface area contributed by atoms with E-state index in [9.17, 15) is 13.6 Å². The molecule has 0 spiro atoms. The molecule has 1 amide bonds. The fraction of sp³-hybridized carbons (Fsp3) is 0.227. The van der Waals surface area contributed by atoms with Gasteiger partial charge in [0.15, 0.2) is 11.6 Å². The standard InChI is InChI=1S/C22H20F2N4O/c23-18-9-8-15(13-19(18)24)21(29)28-12-4-5-16(14-28)20-10-11-25-22(27-20)26-17-6-2-1-3-7-17/h1-3,6-11,13,16H,4-5,12,14H2,(H,25,26,27)/t16-/m1/s1. The number of hydrogen-bond acceptors (Lipinski definition) is 4. The summed E-state index contributed by atoms with van der Waals surface area (Å²) in [4.78, 5) is 23.3. The first kappa shape index (κ1) is 19.0. The van der Waals surface area contributed by atoms with Crippen molar-refractivity contribution >= 4 is 17.5 Å². The van der Waals surface area contributed by atoms with Crippen LogP contribution in [0.5, 0.6) is 0 Å². The third-order valence-corrected chi connectivity index (χ3v) is 5.00. The number of hydrogen-bond donors (Lipinski definition) is 1. The van der Waals surface area contributed by atoms with Gasteiger partial charge in [0.1, 0.15) is 0 Å². The molecule has 3 aromatic rings. The number of nitrogens with one attached hydrogen (secondary N) is 1. The quantitative estimate of drug-likeness (QED) is 0.707. The van der Waals surface area contributed by atoms with Gasteiger partial charge < -0.3 is 10.2 Å². The normalized spacial score (nSPS) is 16.5. The van der Waals surface area contributed by atoms with Gasteiger partial charge in [-0.1, -0.05) is 18.2 Å². The van der Waals surface area contributed by atoms with Gasteiger partial charge in [-0.3, -0.25) is 4.79 Å². The summed E-state index contributed by atoms with van der Waals surface area (Å²) in [5.74, 6) is -1.73. The predicted octanol–water partition coefficient (Wildman–Crippen LogP) is 4.52. The third kappa shape index (κ3) is 4.39. The van der Waals surface area contributed by atoms with E-state index in [0.717, 1.165) is 36.4 Å². The van der Waals surface area contributed by atoms with E-state index < -0.39 is 11.6 Å². The summed E-state index contributed by atoms with van der Waals surface area (Å²) in [6.07, 6.45) is 3.40. The maximum Gasteiger partial charge on any atom is 0.253 e. The topological polar surface area (TPSA) is 58.1 Å². The first-order chi connectivity index (χ1) is 14.1. The molecule has 1 aromatic heterocycles. The Morgan fingerprint density at radius 2 is 1.90 bits per heavy atom. The summed E-state index contributed by atoms with van der Waals surface area (Å²) in [6, 6.07) is 14.7. The number of aromatic nitrogens is 2. The number of rotatable bonds is 4. The van der Waals surface area contributed by atoms with Crippen molar-refractivity contribution in [2.24, 2.45) is 0 Å². The first-order valence-electron chi connectivity index (χ1n) is 9.49. The Kier molecular flexibility index (Phi) is 5.46.